The van der Waals surface area contributed by atoms with Crippen LogP contribution in [0.15, 0.2) is 29.5 Å². The van der Waals surface area contributed by atoms with Crippen molar-refractivity contribution < 1.29 is 9.90 Å². The van der Waals surface area contributed by atoms with Gasteiger partial charge in [0.25, 0.3) is 0 Å². The number of carbonyl (C=O) groups is 1. The number of imidazole rings is 1. The SMILES string of the molecule is CCCCCCCN=c1n(CCCCCCC)ccn1CC(=O)c1cc(C(C)(C)C)c(O)c(C(C)(C)C)c1. The van der Waals surface area contributed by atoms with E-state index in [1.165, 1.54) is 51.4 Å². The number of benzene rings is 1. The van der Waals surface area contributed by atoms with Gasteiger partial charge in [-0.25, -0.2) is 0 Å². The van der Waals surface area contributed by atoms with Crippen LogP contribution >= 0.6 is 0 Å². The minimum Gasteiger partial charge on any atom is -0.507 e. The Morgan fingerprint density at radius 1 is 0.763 bits per heavy atom. The standard InChI is InChI=1S/C33H55N3O2/c1-9-11-13-15-17-19-34-31-35(20-18-16-14-12-10-2)21-22-36(31)25-29(37)26-23-27(32(3,4)5)30(38)28(24-26)33(6,7)8/h21-24,38H,9-20,25H2,1-8H3. The molecule has 1 heterocycles. The van der Waals surface area contributed by atoms with Gasteiger partial charge in [-0.05, 0) is 35.8 Å². The zero-order chi connectivity index (χ0) is 28.3. The quantitative estimate of drug-likeness (QED) is 0.188. The third kappa shape index (κ3) is 9.47. The molecule has 0 radical (unpaired) electrons. The summed E-state index contributed by atoms with van der Waals surface area (Å²) in [5.74, 6) is 0.355. The Hall–Kier alpha value is -2.30. The van der Waals surface area contributed by atoms with Crippen LogP contribution in [0.1, 0.15) is 141 Å². The molecule has 5 nitrogen and oxygen atoms in total. The summed E-state index contributed by atoms with van der Waals surface area (Å²) in [6, 6.07) is 3.78. The molecule has 0 aliphatic carbocycles. The second-order valence-electron chi connectivity index (χ2n) is 13.0. The van der Waals surface area contributed by atoms with Crippen molar-refractivity contribution in [2.75, 3.05) is 6.54 Å². The van der Waals surface area contributed by atoms with Gasteiger partial charge in [-0.1, -0.05) is 107 Å². The highest BCUT2D eigenvalue weighted by Crippen LogP contribution is 2.39. The monoisotopic (exact) mass is 525 g/mol. The van der Waals surface area contributed by atoms with E-state index in [0.29, 0.717) is 11.3 Å². The lowest BCUT2D eigenvalue weighted by molar-refractivity contribution is 0.0970. The maximum Gasteiger partial charge on any atom is 0.205 e. The molecule has 0 spiro atoms. The zero-order valence-corrected chi connectivity index (χ0v) is 25.7. The average Bonchev–Trinajstić information content (AvgIpc) is 3.20. The van der Waals surface area contributed by atoms with Crippen molar-refractivity contribution in [2.45, 2.75) is 144 Å². The Bertz CT molecular complexity index is 1040. The second-order valence-corrected chi connectivity index (χ2v) is 13.0. The molecule has 38 heavy (non-hydrogen) atoms. The first-order chi connectivity index (χ1) is 17.9. The Kier molecular flexibility index (Phi) is 12.4. The molecule has 1 aromatic carbocycles. The summed E-state index contributed by atoms with van der Waals surface area (Å²) in [6.45, 7) is 18.9. The number of rotatable bonds is 15. The normalized spacial score (nSPS) is 12.9. The number of aryl methyl sites for hydroxylation is 1. The third-order valence-corrected chi connectivity index (χ3v) is 7.32. The van der Waals surface area contributed by atoms with Crippen LogP contribution < -0.4 is 5.62 Å². The van der Waals surface area contributed by atoms with Gasteiger partial charge in [0.05, 0.1) is 6.54 Å². The molecule has 0 unspecified atom stereocenters. The van der Waals surface area contributed by atoms with E-state index in [2.05, 4.69) is 66.2 Å². The van der Waals surface area contributed by atoms with E-state index in [9.17, 15) is 9.90 Å². The average molecular weight is 526 g/mol. The molecule has 0 saturated carbocycles. The van der Waals surface area contributed by atoms with Gasteiger partial charge in [0.2, 0.25) is 5.62 Å². The molecule has 5 heteroatoms. The van der Waals surface area contributed by atoms with E-state index < -0.39 is 0 Å². The molecule has 2 rings (SSSR count). The first-order valence-electron chi connectivity index (χ1n) is 15.1. The van der Waals surface area contributed by atoms with Crippen LogP contribution in [0, 0.1) is 0 Å². The fraction of sp³-hybridized carbons (Fsp3) is 0.697. The van der Waals surface area contributed by atoms with Gasteiger partial charge in [-0.15, -0.1) is 0 Å². The molecule has 0 fully saturated rings. The molecule has 0 aliphatic rings. The van der Waals surface area contributed by atoms with E-state index in [-0.39, 0.29) is 23.2 Å². The topological polar surface area (TPSA) is 59.5 Å². The van der Waals surface area contributed by atoms with Gasteiger partial charge in [0, 0.05) is 42.2 Å². The van der Waals surface area contributed by atoms with E-state index in [1.54, 1.807) is 0 Å². The van der Waals surface area contributed by atoms with Crippen molar-refractivity contribution in [3.05, 3.63) is 46.8 Å². The summed E-state index contributed by atoms with van der Waals surface area (Å²) in [6.07, 6.45) is 16.3. The lowest BCUT2D eigenvalue weighted by Gasteiger charge is -2.28. The molecule has 1 N–H and O–H groups in total. The lowest BCUT2D eigenvalue weighted by Crippen LogP contribution is -2.29. The van der Waals surface area contributed by atoms with Crippen LogP contribution in [-0.4, -0.2) is 26.6 Å². The summed E-state index contributed by atoms with van der Waals surface area (Å²) in [5, 5.41) is 11.1. The molecule has 0 amide bonds. The van der Waals surface area contributed by atoms with Crippen molar-refractivity contribution in [3.8, 4) is 5.75 Å². The first-order valence-corrected chi connectivity index (χ1v) is 15.1. The van der Waals surface area contributed by atoms with E-state index >= 15 is 0 Å². The number of hydrogen-bond acceptors (Lipinski definition) is 3. The van der Waals surface area contributed by atoms with E-state index in [4.69, 9.17) is 4.99 Å². The maximum absolute atomic E-state index is 13.7. The number of nitrogens with zero attached hydrogens (tertiary/aromatic N) is 3. The molecule has 1 aromatic heterocycles. The maximum atomic E-state index is 13.7. The molecule has 0 atom stereocenters. The van der Waals surface area contributed by atoms with E-state index in [0.717, 1.165) is 42.7 Å². The van der Waals surface area contributed by atoms with Gasteiger partial charge >= 0.3 is 0 Å². The molecular weight excluding hydrogens is 470 g/mol. The number of unbranched alkanes of at least 4 members (excludes halogenated alkanes) is 8. The largest absolute Gasteiger partial charge is 0.507 e. The minimum atomic E-state index is -0.271. The van der Waals surface area contributed by atoms with Gasteiger partial charge in [0.1, 0.15) is 5.75 Å². The predicted molar refractivity (Wildman–Crippen MR) is 160 cm³/mol. The Labute approximate surface area is 232 Å². The Morgan fingerprint density at radius 2 is 1.26 bits per heavy atom. The lowest BCUT2D eigenvalue weighted by atomic mass is 9.78. The number of ketones is 1. The van der Waals surface area contributed by atoms with Crippen molar-refractivity contribution >= 4 is 5.78 Å². The molecule has 2 aromatic rings. The molecule has 0 aliphatic heterocycles. The summed E-state index contributed by atoms with van der Waals surface area (Å²) in [4.78, 5) is 18.7. The smallest absolute Gasteiger partial charge is 0.205 e. The van der Waals surface area contributed by atoms with Crippen LogP contribution in [-0.2, 0) is 23.9 Å². The summed E-state index contributed by atoms with van der Waals surface area (Å²) in [5.41, 5.74) is 2.65. The number of aromatic nitrogens is 2. The Balaban J connectivity index is 2.35. The fourth-order valence-corrected chi connectivity index (χ4v) is 4.90. The summed E-state index contributed by atoms with van der Waals surface area (Å²) in [7, 11) is 0. The number of carbonyl (C=O) groups excluding carboxylic acids is 1. The number of aromatic hydroxyl groups is 1. The predicted octanol–water partition coefficient (Wildman–Crippen LogP) is 8.31. The zero-order valence-electron chi connectivity index (χ0n) is 25.7. The summed E-state index contributed by atoms with van der Waals surface area (Å²) < 4.78 is 4.24. The highest BCUT2D eigenvalue weighted by molar-refractivity contribution is 5.96. The first kappa shape index (κ1) is 31.9. The highest BCUT2D eigenvalue weighted by Gasteiger charge is 2.28. The molecule has 0 saturated heterocycles. The van der Waals surface area contributed by atoms with Gasteiger partial charge in [-0.3, -0.25) is 9.79 Å². The van der Waals surface area contributed by atoms with Crippen LogP contribution in [0.5, 0.6) is 5.75 Å². The van der Waals surface area contributed by atoms with Gasteiger partial charge in [-0.2, -0.15) is 0 Å². The second kappa shape index (κ2) is 14.7. The number of Topliss-reactive ketones (excluding diaryl/α,β-unsaturated/α-hetero) is 1. The van der Waals surface area contributed by atoms with Crippen molar-refractivity contribution in [2.24, 2.45) is 4.99 Å². The molecule has 214 valence electrons. The van der Waals surface area contributed by atoms with Crippen molar-refractivity contribution in [1.82, 2.24) is 9.13 Å². The van der Waals surface area contributed by atoms with Crippen LogP contribution in [0.4, 0.5) is 0 Å². The number of phenols is 1. The number of phenolic OH excluding ortho intramolecular Hbond substituents is 1. The highest BCUT2D eigenvalue weighted by atomic mass is 16.3. The van der Waals surface area contributed by atoms with Crippen molar-refractivity contribution in [3.63, 3.8) is 0 Å². The van der Waals surface area contributed by atoms with Crippen LogP contribution in [0.25, 0.3) is 0 Å². The Morgan fingerprint density at radius 3 is 1.79 bits per heavy atom. The van der Waals surface area contributed by atoms with Crippen LogP contribution in [0.2, 0.25) is 0 Å². The van der Waals surface area contributed by atoms with Gasteiger partial charge < -0.3 is 14.2 Å². The van der Waals surface area contributed by atoms with Crippen molar-refractivity contribution in [1.29, 1.82) is 0 Å². The number of hydrogen-bond donors (Lipinski definition) is 1. The summed E-state index contributed by atoms with van der Waals surface area (Å²) >= 11 is 0. The van der Waals surface area contributed by atoms with Crippen LogP contribution in [0.3, 0.4) is 0 Å². The minimum absolute atomic E-state index is 0.0473. The van der Waals surface area contributed by atoms with E-state index in [1.807, 2.05) is 22.9 Å². The fourth-order valence-electron chi connectivity index (χ4n) is 4.90. The molecule has 0 bridgehead atoms. The molecular formula is C33H55N3O2. The van der Waals surface area contributed by atoms with Gasteiger partial charge in [0.15, 0.2) is 5.78 Å². The third-order valence-electron chi connectivity index (χ3n) is 7.32.